The van der Waals surface area contributed by atoms with Crippen molar-refractivity contribution in [1.82, 2.24) is 19.5 Å². The Morgan fingerprint density at radius 3 is 2.71 bits per heavy atom. The molecular formula is C18H29N5O4Si. The third-order valence-electron chi connectivity index (χ3n) is 5.61. The lowest BCUT2D eigenvalue weighted by molar-refractivity contribution is -0.150. The lowest BCUT2D eigenvalue weighted by Crippen LogP contribution is -2.44. The van der Waals surface area contributed by atoms with Crippen LogP contribution in [0.4, 0.5) is 5.82 Å². The minimum absolute atomic E-state index is 0.0803. The Morgan fingerprint density at radius 1 is 1.36 bits per heavy atom. The average Bonchev–Trinajstić information content (AvgIpc) is 3.16. The number of nitrogens with zero attached hydrogens (tertiary/aromatic N) is 4. The molecule has 9 nitrogen and oxygen atoms in total. The van der Waals surface area contributed by atoms with E-state index in [0.29, 0.717) is 30.0 Å². The second-order valence-electron chi connectivity index (χ2n) is 8.67. The number of aromatic nitrogens is 4. The van der Waals surface area contributed by atoms with Crippen LogP contribution in [0, 0.1) is 0 Å². The molecule has 2 N–H and O–H groups in total. The standard InChI is InChI=1S/C18H29N5O4Si/c1-11(24)26-12-7-14(23-10-22-15-16(19)20-9-21-17(15)23)27-13(12)8-25-28(5,6)18(2,3)4/h9-10,12-14H,7-8H2,1-6H3,(H2,19,20,21)/t12-,13-,14+/m0/s1. The van der Waals surface area contributed by atoms with Gasteiger partial charge in [-0.2, -0.15) is 0 Å². The van der Waals surface area contributed by atoms with Crippen LogP contribution < -0.4 is 5.73 Å². The molecule has 1 saturated heterocycles. The molecule has 3 heterocycles. The molecule has 0 spiro atoms. The number of carbonyl (C=O) groups is 1. The van der Waals surface area contributed by atoms with E-state index in [1.54, 1.807) is 10.9 Å². The number of imidazole rings is 1. The average molecular weight is 408 g/mol. The first-order valence-electron chi connectivity index (χ1n) is 9.39. The van der Waals surface area contributed by atoms with E-state index in [1.165, 1.54) is 13.3 Å². The number of carbonyl (C=O) groups excluding carboxylic acids is 1. The fourth-order valence-electron chi connectivity index (χ4n) is 2.95. The maximum atomic E-state index is 11.6. The molecule has 1 aliphatic rings. The van der Waals surface area contributed by atoms with Crippen LogP contribution >= 0.6 is 0 Å². The van der Waals surface area contributed by atoms with E-state index in [4.69, 9.17) is 19.6 Å². The summed E-state index contributed by atoms with van der Waals surface area (Å²) in [6.45, 7) is 12.7. The summed E-state index contributed by atoms with van der Waals surface area (Å²) >= 11 is 0. The topological polar surface area (TPSA) is 114 Å². The molecule has 0 radical (unpaired) electrons. The van der Waals surface area contributed by atoms with Crippen molar-refractivity contribution in [3.05, 3.63) is 12.7 Å². The van der Waals surface area contributed by atoms with Gasteiger partial charge in [-0.25, -0.2) is 15.0 Å². The number of fused-ring (bicyclic) bond motifs is 1. The van der Waals surface area contributed by atoms with Gasteiger partial charge >= 0.3 is 5.97 Å². The van der Waals surface area contributed by atoms with Gasteiger partial charge in [0.1, 0.15) is 30.3 Å². The monoisotopic (exact) mass is 407 g/mol. The molecule has 3 rings (SSSR count). The van der Waals surface area contributed by atoms with Gasteiger partial charge in [-0.15, -0.1) is 0 Å². The predicted molar refractivity (Wildman–Crippen MR) is 107 cm³/mol. The van der Waals surface area contributed by atoms with Crippen molar-refractivity contribution in [2.24, 2.45) is 0 Å². The van der Waals surface area contributed by atoms with Gasteiger partial charge in [-0.1, -0.05) is 20.8 Å². The van der Waals surface area contributed by atoms with Crippen LogP contribution in [0.1, 0.15) is 40.3 Å². The van der Waals surface area contributed by atoms with Crippen molar-refractivity contribution < 1.29 is 18.7 Å². The van der Waals surface area contributed by atoms with Crippen molar-refractivity contribution in [2.45, 2.75) is 70.7 Å². The molecule has 2 aromatic rings. The van der Waals surface area contributed by atoms with E-state index in [-0.39, 0.29) is 23.3 Å². The van der Waals surface area contributed by atoms with Crippen molar-refractivity contribution in [1.29, 1.82) is 0 Å². The Morgan fingerprint density at radius 2 is 2.07 bits per heavy atom. The first-order chi connectivity index (χ1) is 13.0. The minimum atomic E-state index is -1.96. The third kappa shape index (κ3) is 4.03. The molecule has 3 atom stereocenters. The highest BCUT2D eigenvalue weighted by molar-refractivity contribution is 6.74. The largest absolute Gasteiger partial charge is 0.460 e. The quantitative estimate of drug-likeness (QED) is 0.594. The summed E-state index contributed by atoms with van der Waals surface area (Å²) in [5.74, 6) is -0.0234. The van der Waals surface area contributed by atoms with E-state index in [1.807, 2.05) is 0 Å². The molecule has 0 saturated carbocycles. The number of anilines is 1. The lowest BCUT2D eigenvalue weighted by atomic mass is 10.2. The molecule has 0 unspecified atom stereocenters. The van der Waals surface area contributed by atoms with Crippen LogP contribution in [0.5, 0.6) is 0 Å². The minimum Gasteiger partial charge on any atom is -0.460 e. The molecule has 0 aromatic carbocycles. The summed E-state index contributed by atoms with van der Waals surface area (Å²) < 4.78 is 19.9. The van der Waals surface area contributed by atoms with E-state index < -0.39 is 14.4 Å². The summed E-state index contributed by atoms with van der Waals surface area (Å²) in [5, 5.41) is 0.0803. The number of ether oxygens (including phenoxy) is 2. The molecule has 0 aliphatic carbocycles. The highest BCUT2D eigenvalue weighted by Gasteiger charge is 2.43. The van der Waals surface area contributed by atoms with Gasteiger partial charge in [0.05, 0.1) is 12.9 Å². The fraction of sp³-hybridized carbons (Fsp3) is 0.667. The normalized spacial score (nSPS) is 23.3. The number of hydrogen-bond donors (Lipinski definition) is 1. The summed E-state index contributed by atoms with van der Waals surface area (Å²) in [6.07, 6.45) is 2.37. The van der Waals surface area contributed by atoms with Crippen LogP contribution in [-0.4, -0.2) is 52.6 Å². The molecule has 1 fully saturated rings. The summed E-state index contributed by atoms with van der Waals surface area (Å²) in [6, 6.07) is 0. The van der Waals surface area contributed by atoms with E-state index in [0.717, 1.165) is 0 Å². The van der Waals surface area contributed by atoms with Crippen LogP contribution in [-0.2, 0) is 18.7 Å². The molecule has 154 valence electrons. The van der Waals surface area contributed by atoms with Gasteiger partial charge in [0, 0.05) is 13.3 Å². The van der Waals surface area contributed by atoms with Crippen LogP contribution in [0.15, 0.2) is 12.7 Å². The zero-order chi connectivity index (χ0) is 20.7. The second kappa shape index (κ2) is 7.41. The van der Waals surface area contributed by atoms with Gasteiger partial charge < -0.3 is 19.6 Å². The smallest absolute Gasteiger partial charge is 0.302 e. The van der Waals surface area contributed by atoms with Crippen molar-refractivity contribution in [3.8, 4) is 0 Å². The third-order valence-corrected chi connectivity index (χ3v) is 10.1. The van der Waals surface area contributed by atoms with Crippen LogP contribution in [0.25, 0.3) is 11.2 Å². The summed E-state index contributed by atoms with van der Waals surface area (Å²) in [7, 11) is -1.96. The Bertz CT molecular complexity index is 863. The molecule has 10 heteroatoms. The van der Waals surface area contributed by atoms with Gasteiger partial charge in [0.25, 0.3) is 0 Å². The number of nitrogens with two attached hydrogens (primary N) is 1. The van der Waals surface area contributed by atoms with Gasteiger partial charge in [0.2, 0.25) is 0 Å². The second-order valence-corrected chi connectivity index (χ2v) is 13.5. The Balaban J connectivity index is 1.80. The molecular weight excluding hydrogens is 378 g/mol. The predicted octanol–water partition coefficient (Wildman–Crippen LogP) is 2.65. The number of nitrogen functional groups attached to an aromatic ring is 1. The molecule has 28 heavy (non-hydrogen) atoms. The van der Waals surface area contributed by atoms with Crippen molar-refractivity contribution >= 4 is 31.3 Å². The first-order valence-corrected chi connectivity index (χ1v) is 12.3. The summed E-state index contributed by atoms with van der Waals surface area (Å²) in [5.41, 5.74) is 6.98. The van der Waals surface area contributed by atoms with Crippen molar-refractivity contribution in [2.75, 3.05) is 12.3 Å². The van der Waals surface area contributed by atoms with Crippen LogP contribution in [0.3, 0.4) is 0 Å². The summed E-state index contributed by atoms with van der Waals surface area (Å²) in [4.78, 5) is 24.1. The SMILES string of the molecule is CC(=O)O[C@H]1C[C@H](n2cnc3c(N)ncnc32)O[C@H]1CO[Si](C)(C)C(C)(C)C. The highest BCUT2D eigenvalue weighted by atomic mass is 28.4. The fourth-order valence-corrected chi connectivity index (χ4v) is 3.96. The Hall–Kier alpha value is -2.04. The van der Waals surface area contributed by atoms with E-state index in [9.17, 15) is 4.79 Å². The highest BCUT2D eigenvalue weighted by Crippen LogP contribution is 2.38. The lowest BCUT2D eigenvalue weighted by Gasteiger charge is -2.37. The Labute approximate surface area is 165 Å². The van der Waals surface area contributed by atoms with Gasteiger partial charge in [-0.3, -0.25) is 9.36 Å². The van der Waals surface area contributed by atoms with Gasteiger partial charge in [0.15, 0.2) is 19.8 Å². The number of esters is 1. The van der Waals surface area contributed by atoms with Gasteiger partial charge in [-0.05, 0) is 18.1 Å². The van der Waals surface area contributed by atoms with E-state index in [2.05, 4.69) is 48.8 Å². The zero-order valence-corrected chi connectivity index (χ0v) is 18.3. The van der Waals surface area contributed by atoms with Crippen LogP contribution in [0.2, 0.25) is 18.1 Å². The molecule has 0 bridgehead atoms. The maximum absolute atomic E-state index is 11.6. The number of rotatable bonds is 5. The van der Waals surface area contributed by atoms with Crippen molar-refractivity contribution in [3.63, 3.8) is 0 Å². The van der Waals surface area contributed by atoms with E-state index >= 15 is 0 Å². The maximum Gasteiger partial charge on any atom is 0.302 e. The molecule has 1 aliphatic heterocycles. The molecule has 0 amide bonds. The molecule has 2 aromatic heterocycles. The first kappa shape index (κ1) is 20.7. The zero-order valence-electron chi connectivity index (χ0n) is 17.3. The number of hydrogen-bond acceptors (Lipinski definition) is 8. The Kier molecular flexibility index (Phi) is 5.48.